The van der Waals surface area contributed by atoms with Gasteiger partial charge in [0.05, 0.1) is 47.9 Å². The Morgan fingerprint density at radius 1 is 0.780 bits per heavy atom. The predicted molar refractivity (Wildman–Crippen MR) is 120 cm³/mol. The standard InChI is InChI=1S/C22H31N3O15S/c1-39-15-2-3-16(17(6-15)41(36,37)38)40-13-14(25(11-21(32)33)12-22(34)35)7-23(8-18(26)27)4-5-24(9-19(28)29)10-20(30)31/h2-3,6,14H,4-5,7-13H2,1H3,(H,26,27)(H,28,29)(H,30,31)(H,32,33)(H,34,35)(H,36,37,38)/p-6. The first kappa shape index (κ1) is 35.0. The van der Waals surface area contributed by atoms with Gasteiger partial charge >= 0.3 is 0 Å². The third-order valence-corrected chi connectivity index (χ3v) is 6.15. The summed E-state index contributed by atoms with van der Waals surface area (Å²) in [5.41, 5.74) is 0. The molecule has 19 heteroatoms. The van der Waals surface area contributed by atoms with Crippen molar-refractivity contribution in [1.82, 2.24) is 14.7 Å². The molecule has 41 heavy (non-hydrogen) atoms. The summed E-state index contributed by atoms with van der Waals surface area (Å²) >= 11 is 0. The van der Waals surface area contributed by atoms with Crippen LogP contribution in [-0.2, 0) is 34.1 Å². The molecule has 0 fully saturated rings. The molecular weight excluding hydrogens is 578 g/mol. The molecule has 0 aliphatic rings. The Hall–Kier alpha value is -4.04. The molecule has 0 bridgehead atoms. The van der Waals surface area contributed by atoms with Gasteiger partial charge in [0.2, 0.25) is 0 Å². The quantitative estimate of drug-likeness (QED) is 0.118. The third kappa shape index (κ3) is 13.7. The van der Waals surface area contributed by atoms with E-state index in [1.54, 1.807) is 0 Å². The zero-order valence-electron chi connectivity index (χ0n) is 21.5. The molecule has 0 radical (unpaired) electrons. The molecule has 0 aliphatic carbocycles. The first-order chi connectivity index (χ1) is 19.0. The molecule has 1 aromatic carbocycles. The number of carbonyl (C=O) groups excluding carboxylic acids is 5. The lowest BCUT2D eigenvalue weighted by atomic mass is 10.2. The monoisotopic (exact) mass is 603 g/mol. The second kappa shape index (κ2) is 16.3. The number of benzene rings is 1. The summed E-state index contributed by atoms with van der Waals surface area (Å²) in [6.07, 6.45) is 0. The Kier molecular flexibility index (Phi) is 13.9. The topological polar surface area (TPSA) is 286 Å². The maximum atomic E-state index is 11.7. The maximum absolute atomic E-state index is 11.7. The fourth-order valence-electron chi connectivity index (χ4n) is 3.61. The minimum Gasteiger partial charge on any atom is -0.744 e. The molecular formula is C22H25N3O15S-6. The van der Waals surface area contributed by atoms with E-state index in [1.807, 2.05) is 0 Å². The van der Waals surface area contributed by atoms with Gasteiger partial charge in [-0.05, 0) is 12.1 Å². The number of carbonyl (C=O) groups is 5. The van der Waals surface area contributed by atoms with E-state index in [0.717, 1.165) is 26.8 Å². The SMILES string of the molecule is COc1ccc(OCC(CN(CCN(CC(=O)[O-])CC(=O)[O-])CC(=O)[O-])N(CC(=O)[O-])CC(=O)[O-])c(S(=O)(=O)[O-])c1. The second-order valence-corrected chi connectivity index (χ2v) is 9.79. The van der Waals surface area contributed by atoms with Gasteiger partial charge in [-0.1, -0.05) is 0 Å². The summed E-state index contributed by atoms with van der Waals surface area (Å²) in [5.74, 6) is -9.04. The Bertz CT molecular complexity index is 1170. The molecule has 18 nitrogen and oxygen atoms in total. The van der Waals surface area contributed by atoms with Gasteiger partial charge < -0.3 is 63.5 Å². The van der Waals surface area contributed by atoms with Crippen LogP contribution in [0.1, 0.15) is 0 Å². The molecule has 0 saturated carbocycles. The highest BCUT2D eigenvalue weighted by molar-refractivity contribution is 7.85. The molecule has 1 unspecified atom stereocenters. The minimum atomic E-state index is -5.13. The molecule has 0 heterocycles. The van der Waals surface area contributed by atoms with Crippen LogP contribution in [0.2, 0.25) is 0 Å². The highest BCUT2D eigenvalue weighted by atomic mass is 32.2. The first-order valence-electron chi connectivity index (χ1n) is 11.5. The molecule has 1 atom stereocenters. The van der Waals surface area contributed by atoms with Crippen LogP contribution < -0.4 is 35.0 Å². The summed E-state index contributed by atoms with van der Waals surface area (Å²) in [7, 11) is -3.94. The van der Waals surface area contributed by atoms with Crippen LogP contribution in [0.3, 0.4) is 0 Å². The zero-order valence-corrected chi connectivity index (χ0v) is 22.4. The molecule has 0 aliphatic heterocycles. The fourth-order valence-corrected chi connectivity index (χ4v) is 4.25. The van der Waals surface area contributed by atoms with Crippen molar-refractivity contribution in [1.29, 1.82) is 0 Å². The number of methoxy groups -OCH3 is 1. The van der Waals surface area contributed by atoms with Crippen LogP contribution in [0.4, 0.5) is 0 Å². The minimum absolute atomic E-state index is 0.0309. The van der Waals surface area contributed by atoms with Gasteiger partial charge in [0, 0.05) is 58.4 Å². The molecule has 0 N–H and O–H groups in total. The van der Waals surface area contributed by atoms with Gasteiger partial charge in [-0.25, -0.2) is 8.42 Å². The molecule has 1 aromatic rings. The van der Waals surface area contributed by atoms with E-state index in [-0.39, 0.29) is 18.8 Å². The van der Waals surface area contributed by atoms with E-state index in [0.29, 0.717) is 0 Å². The van der Waals surface area contributed by atoms with Crippen molar-refractivity contribution in [3.05, 3.63) is 18.2 Å². The zero-order chi connectivity index (χ0) is 31.3. The van der Waals surface area contributed by atoms with Crippen molar-refractivity contribution in [3.8, 4) is 11.5 Å². The third-order valence-electron chi connectivity index (χ3n) is 5.29. The summed E-state index contributed by atoms with van der Waals surface area (Å²) in [6, 6.07) is 1.74. The van der Waals surface area contributed by atoms with Crippen LogP contribution in [0, 0.1) is 0 Å². The smallest absolute Gasteiger partial charge is 0.137 e. The van der Waals surface area contributed by atoms with E-state index < -0.39 is 103 Å². The number of hydrogen-bond donors (Lipinski definition) is 0. The molecule has 0 spiro atoms. The van der Waals surface area contributed by atoms with Gasteiger partial charge in [0.25, 0.3) is 0 Å². The molecule has 1 rings (SSSR count). The Morgan fingerprint density at radius 3 is 1.68 bits per heavy atom. The molecule has 230 valence electrons. The average molecular weight is 604 g/mol. The van der Waals surface area contributed by atoms with Gasteiger partial charge in [0.15, 0.2) is 0 Å². The number of carboxylic acid groups (broad SMARTS) is 5. The highest BCUT2D eigenvalue weighted by Gasteiger charge is 2.25. The van der Waals surface area contributed by atoms with E-state index in [4.69, 9.17) is 9.47 Å². The van der Waals surface area contributed by atoms with Crippen molar-refractivity contribution in [2.45, 2.75) is 10.9 Å². The number of hydrogen-bond acceptors (Lipinski definition) is 18. The molecule has 0 saturated heterocycles. The Balaban J connectivity index is 3.37. The lowest BCUT2D eigenvalue weighted by Crippen LogP contribution is -2.56. The van der Waals surface area contributed by atoms with E-state index in [1.165, 1.54) is 13.2 Å². The Labute approximate surface area is 233 Å². The van der Waals surface area contributed by atoms with Crippen molar-refractivity contribution in [3.63, 3.8) is 0 Å². The Morgan fingerprint density at radius 2 is 1.24 bits per heavy atom. The normalized spacial score (nSPS) is 12.3. The molecule has 0 aromatic heterocycles. The van der Waals surface area contributed by atoms with Gasteiger partial charge in [-0.2, -0.15) is 0 Å². The van der Waals surface area contributed by atoms with E-state index in [9.17, 15) is 62.5 Å². The van der Waals surface area contributed by atoms with E-state index in [2.05, 4.69) is 0 Å². The van der Waals surface area contributed by atoms with Crippen LogP contribution >= 0.6 is 0 Å². The van der Waals surface area contributed by atoms with Crippen LogP contribution in [0.25, 0.3) is 0 Å². The van der Waals surface area contributed by atoms with Crippen LogP contribution in [-0.4, -0.2) is 130 Å². The number of aliphatic carboxylic acids is 5. The molecule has 0 amide bonds. The lowest BCUT2D eigenvalue weighted by Gasteiger charge is -2.37. The predicted octanol–water partition coefficient (Wildman–Crippen LogP) is -9.00. The first-order valence-corrected chi connectivity index (χ1v) is 12.9. The van der Waals surface area contributed by atoms with Crippen molar-refractivity contribution in [2.24, 2.45) is 0 Å². The summed E-state index contributed by atoms with van der Waals surface area (Å²) < 4.78 is 45.5. The maximum Gasteiger partial charge on any atom is 0.137 e. The van der Waals surface area contributed by atoms with Crippen LogP contribution in [0.5, 0.6) is 11.5 Å². The summed E-state index contributed by atoms with van der Waals surface area (Å²) in [5, 5.41) is 55.9. The number of rotatable bonds is 21. The largest absolute Gasteiger partial charge is 0.744 e. The summed E-state index contributed by atoms with van der Waals surface area (Å²) in [6.45, 7) is -6.73. The van der Waals surface area contributed by atoms with Gasteiger partial charge in [0.1, 0.15) is 28.2 Å². The van der Waals surface area contributed by atoms with Crippen molar-refractivity contribution >= 4 is 40.0 Å². The number of ether oxygens (including phenoxy) is 2. The highest BCUT2D eigenvalue weighted by Crippen LogP contribution is 2.28. The van der Waals surface area contributed by atoms with Gasteiger partial charge in [-0.15, -0.1) is 0 Å². The average Bonchev–Trinajstić information content (AvgIpc) is 2.82. The number of carboxylic acids is 5. The van der Waals surface area contributed by atoms with Crippen LogP contribution in [0.15, 0.2) is 23.1 Å². The summed E-state index contributed by atoms with van der Waals surface area (Å²) in [4.78, 5) is 57.6. The van der Waals surface area contributed by atoms with Crippen molar-refractivity contribution < 1.29 is 71.9 Å². The van der Waals surface area contributed by atoms with Crippen molar-refractivity contribution in [2.75, 3.05) is 66.1 Å². The van der Waals surface area contributed by atoms with E-state index >= 15 is 0 Å². The number of nitrogens with zero attached hydrogens (tertiary/aromatic N) is 3. The fraction of sp³-hybridized carbons (Fsp3) is 0.500. The van der Waals surface area contributed by atoms with Gasteiger partial charge in [-0.3, -0.25) is 14.7 Å². The lowest BCUT2D eigenvalue weighted by molar-refractivity contribution is -0.313. The second-order valence-electron chi connectivity index (χ2n) is 8.44.